The number of rotatable bonds is 5. The Morgan fingerprint density at radius 3 is 2.93 bits per heavy atom. The Labute approximate surface area is 95.8 Å². The van der Waals surface area contributed by atoms with E-state index in [4.69, 9.17) is 16.3 Å². The highest BCUT2D eigenvalue weighted by molar-refractivity contribution is 6.31. The highest BCUT2D eigenvalue weighted by Crippen LogP contribution is 2.21. The van der Waals surface area contributed by atoms with E-state index in [-0.39, 0.29) is 6.04 Å². The molecule has 4 heteroatoms. The fourth-order valence-corrected chi connectivity index (χ4v) is 1.49. The van der Waals surface area contributed by atoms with Crippen LogP contribution in [0.3, 0.4) is 0 Å². The molecule has 0 bridgehead atoms. The van der Waals surface area contributed by atoms with Gasteiger partial charge in [-0.1, -0.05) is 18.5 Å². The summed E-state index contributed by atoms with van der Waals surface area (Å²) < 4.78 is 5.11. The van der Waals surface area contributed by atoms with Gasteiger partial charge in [-0.05, 0) is 25.0 Å². The number of hydrogen-bond acceptors (Lipinski definition) is 3. The highest BCUT2D eigenvalue weighted by atomic mass is 35.5. The van der Waals surface area contributed by atoms with Gasteiger partial charge in [0.05, 0.1) is 12.3 Å². The van der Waals surface area contributed by atoms with Crippen molar-refractivity contribution in [3.8, 4) is 0 Å². The molecule has 1 heterocycles. The first kappa shape index (κ1) is 12.3. The summed E-state index contributed by atoms with van der Waals surface area (Å²) in [5, 5.41) is 3.83. The smallest absolute Gasteiger partial charge is 0.152 e. The molecule has 3 nitrogen and oxygen atoms in total. The van der Waals surface area contributed by atoms with Crippen LogP contribution in [-0.4, -0.2) is 24.7 Å². The summed E-state index contributed by atoms with van der Waals surface area (Å²) in [4.78, 5) is 4.09. The minimum absolute atomic E-state index is 0.274. The van der Waals surface area contributed by atoms with Crippen LogP contribution in [-0.2, 0) is 4.74 Å². The van der Waals surface area contributed by atoms with Crippen molar-refractivity contribution in [1.29, 1.82) is 0 Å². The van der Waals surface area contributed by atoms with Gasteiger partial charge in [-0.25, -0.2) is 4.98 Å². The largest absolute Gasteiger partial charge is 0.383 e. The third-order valence-corrected chi connectivity index (χ3v) is 2.50. The number of nitrogens with one attached hydrogen (secondary N) is 1. The molecule has 0 saturated heterocycles. The number of anilines is 1. The summed E-state index contributed by atoms with van der Waals surface area (Å²) in [6.45, 7) is 4.76. The molecule has 0 aliphatic heterocycles. The van der Waals surface area contributed by atoms with Gasteiger partial charge in [-0.2, -0.15) is 0 Å². The van der Waals surface area contributed by atoms with E-state index in [1.54, 1.807) is 13.3 Å². The van der Waals surface area contributed by atoms with Crippen molar-refractivity contribution in [2.24, 2.45) is 0 Å². The predicted molar refractivity (Wildman–Crippen MR) is 63.6 cm³/mol. The van der Waals surface area contributed by atoms with Crippen molar-refractivity contribution < 1.29 is 4.74 Å². The normalized spacial score (nSPS) is 12.5. The van der Waals surface area contributed by atoms with Crippen LogP contribution < -0.4 is 5.32 Å². The van der Waals surface area contributed by atoms with Crippen LogP contribution in [0.2, 0.25) is 5.15 Å². The number of aromatic nitrogens is 1. The third kappa shape index (κ3) is 3.68. The van der Waals surface area contributed by atoms with Gasteiger partial charge in [0.25, 0.3) is 0 Å². The molecule has 0 spiro atoms. The van der Waals surface area contributed by atoms with E-state index in [9.17, 15) is 0 Å². The van der Waals surface area contributed by atoms with Crippen molar-refractivity contribution in [3.05, 3.63) is 23.0 Å². The number of nitrogens with zero attached hydrogens (tertiary/aromatic N) is 1. The van der Waals surface area contributed by atoms with Gasteiger partial charge in [0.1, 0.15) is 0 Å². The Balaban J connectivity index is 2.73. The van der Waals surface area contributed by atoms with Crippen molar-refractivity contribution in [3.63, 3.8) is 0 Å². The van der Waals surface area contributed by atoms with Crippen molar-refractivity contribution in [1.82, 2.24) is 4.98 Å². The highest BCUT2D eigenvalue weighted by Gasteiger charge is 2.08. The van der Waals surface area contributed by atoms with Crippen LogP contribution in [0.25, 0.3) is 0 Å². The number of pyridine rings is 1. The monoisotopic (exact) mass is 228 g/mol. The maximum Gasteiger partial charge on any atom is 0.152 e. The summed E-state index contributed by atoms with van der Waals surface area (Å²) in [5.74, 6) is 0. The van der Waals surface area contributed by atoms with Crippen LogP contribution in [0.5, 0.6) is 0 Å². The maximum atomic E-state index is 5.98. The van der Waals surface area contributed by atoms with Gasteiger partial charge >= 0.3 is 0 Å². The minimum atomic E-state index is 0.274. The standard InChI is InChI=1S/C11H17ClN2O/c1-4-9(7-15-3)14-10-5-8(2)6-13-11(10)12/h5-6,9,14H,4,7H2,1-3H3. The number of methoxy groups -OCH3 is 1. The lowest BCUT2D eigenvalue weighted by atomic mass is 10.2. The van der Waals surface area contributed by atoms with Gasteiger partial charge in [0, 0.05) is 19.3 Å². The number of halogens is 1. The number of ether oxygens (including phenoxy) is 1. The minimum Gasteiger partial charge on any atom is -0.383 e. The molecule has 15 heavy (non-hydrogen) atoms. The topological polar surface area (TPSA) is 34.1 Å². The molecule has 0 aliphatic carbocycles. The fourth-order valence-electron chi connectivity index (χ4n) is 1.34. The lowest BCUT2D eigenvalue weighted by molar-refractivity contribution is 0.184. The SMILES string of the molecule is CCC(COC)Nc1cc(C)cnc1Cl. The summed E-state index contributed by atoms with van der Waals surface area (Å²) >= 11 is 5.98. The first-order chi connectivity index (χ1) is 7.17. The molecule has 1 aromatic heterocycles. The van der Waals surface area contributed by atoms with Crippen LogP contribution in [0.4, 0.5) is 5.69 Å². The van der Waals surface area contributed by atoms with E-state index in [0.29, 0.717) is 11.8 Å². The molecule has 0 radical (unpaired) electrons. The number of hydrogen-bond donors (Lipinski definition) is 1. The predicted octanol–water partition coefficient (Wildman–Crippen LogP) is 2.88. The second-order valence-electron chi connectivity index (χ2n) is 3.56. The van der Waals surface area contributed by atoms with Gasteiger partial charge in [0.15, 0.2) is 5.15 Å². The fraction of sp³-hybridized carbons (Fsp3) is 0.545. The molecule has 1 atom stereocenters. The van der Waals surface area contributed by atoms with Crippen molar-refractivity contribution in [2.75, 3.05) is 19.0 Å². The van der Waals surface area contributed by atoms with E-state index in [1.807, 2.05) is 13.0 Å². The maximum absolute atomic E-state index is 5.98. The Kier molecular flexibility index (Phi) is 4.85. The van der Waals surface area contributed by atoms with E-state index in [1.165, 1.54) is 0 Å². The van der Waals surface area contributed by atoms with Crippen LogP contribution in [0, 0.1) is 6.92 Å². The van der Waals surface area contributed by atoms with Crippen molar-refractivity contribution >= 4 is 17.3 Å². The van der Waals surface area contributed by atoms with Gasteiger partial charge in [-0.3, -0.25) is 0 Å². The zero-order valence-corrected chi connectivity index (χ0v) is 10.1. The summed E-state index contributed by atoms with van der Waals surface area (Å²) in [6.07, 6.45) is 2.74. The second-order valence-corrected chi connectivity index (χ2v) is 3.91. The van der Waals surface area contributed by atoms with E-state index >= 15 is 0 Å². The molecular weight excluding hydrogens is 212 g/mol. The molecule has 84 valence electrons. The van der Waals surface area contributed by atoms with Crippen LogP contribution >= 0.6 is 11.6 Å². The summed E-state index contributed by atoms with van der Waals surface area (Å²) in [5.41, 5.74) is 1.97. The third-order valence-electron chi connectivity index (χ3n) is 2.20. The molecule has 1 rings (SSSR count). The van der Waals surface area contributed by atoms with E-state index in [2.05, 4.69) is 17.2 Å². The Morgan fingerprint density at radius 1 is 1.60 bits per heavy atom. The van der Waals surface area contributed by atoms with Gasteiger partial charge in [0.2, 0.25) is 0 Å². The molecular formula is C11H17ClN2O. The lowest BCUT2D eigenvalue weighted by Crippen LogP contribution is -2.24. The Hall–Kier alpha value is -0.800. The summed E-state index contributed by atoms with van der Waals surface area (Å²) in [7, 11) is 1.69. The average molecular weight is 229 g/mol. The molecule has 0 saturated carbocycles. The summed E-state index contributed by atoms with van der Waals surface area (Å²) in [6, 6.07) is 2.27. The van der Waals surface area contributed by atoms with Crippen LogP contribution in [0.1, 0.15) is 18.9 Å². The molecule has 1 unspecified atom stereocenters. The average Bonchev–Trinajstić information content (AvgIpc) is 2.22. The quantitative estimate of drug-likeness (QED) is 0.787. The lowest BCUT2D eigenvalue weighted by Gasteiger charge is -2.18. The van der Waals surface area contributed by atoms with E-state index < -0.39 is 0 Å². The molecule has 0 aliphatic rings. The van der Waals surface area contributed by atoms with Gasteiger partial charge in [-0.15, -0.1) is 0 Å². The molecule has 0 fully saturated rings. The van der Waals surface area contributed by atoms with E-state index in [0.717, 1.165) is 17.7 Å². The van der Waals surface area contributed by atoms with Crippen LogP contribution in [0.15, 0.2) is 12.3 Å². The zero-order chi connectivity index (χ0) is 11.3. The second kappa shape index (κ2) is 5.93. The molecule has 0 amide bonds. The van der Waals surface area contributed by atoms with Gasteiger partial charge < -0.3 is 10.1 Å². The zero-order valence-electron chi connectivity index (χ0n) is 9.38. The molecule has 1 aromatic rings. The molecule has 1 N–H and O–H groups in total. The first-order valence-electron chi connectivity index (χ1n) is 5.05. The Bertz CT molecular complexity index is 317. The number of aryl methyl sites for hydroxylation is 1. The van der Waals surface area contributed by atoms with Crippen molar-refractivity contribution in [2.45, 2.75) is 26.3 Å². The Morgan fingerprint density at radius 2 is 2.33 bits per heavy atom. The molecule has 0 aromatic carbocycles. The first-order valence-corrected chi connectivity index (χ1v) is 5.42.